The van der Waals surface area contributed by atoms with Gasteiger partial charge in [-0.15, -0.1) is 11.3 Å². The highest BCUT2D eigenvalue weighted by atomic mass is 32.1. The summed E-state index contributed by atoms with van der Waals surface area (Å²) in [6, 6.07) is 1.63. The van der Waals surface area contributed by atoms with Crippen LogP contribution < -0.4 is 4.90 Å². The summed E-state index contributed by atoms with van der Waals surface area (Å²) >= 11 is 1.12. The number of aromatic nitrogens is 2. The fourth-order valence-electron chi connectivity index (χ4n) is 5.26. The Labute approximate surface area is 178 Å². The first-order chi connectivity index (χ1) is 14.4. The molecule has 3 saturated heterocycles. The van der Waals surface area contributed by atoms with Gasteiger partial charge in [-0.3, -0.25) is 0 Å². The summed E-state index contributed by atoms with van der Waals surface area (Å²) in [4.78, 5) is 14.4. The Morgan fingerprint density at radius 1 is 1.17 bits per heavy atom. The quantitative estimate of drug-likeness (QED) is 0.700. The Bertz CT molecular complexity index is 890. The SMILES string of the molecule is FC(F)(F)Cc1cc2c(N3CCC4(CN(CCC5CCOCC5)C4)C3)ncnc2s1. The smallest absolute Gasteiger partial charge is 0.381 e. The lowest BCUT2D eigenvalue weighted by molar-refractivity contribution is -0.126. The molecule has 0 radical (unpaired) electrons. The van der Waals surface area contributed by atoms with Crippen molar-refractivity contribution in [3.63, 3.8) is 0 Å². The summed E-state index contributed by atoms with van der Waals surface area (Å²) in [5, 5.41) is 0.759. The van der Waals surface area contributed by atoms with Crippen LogP contribution in [0.5, 0.6) is 0 Å². The number of ether oxygens (including phenoxy) is 1. The first kappa shape index (κ1) is 20.5. The Morgan fingerprint density at radius 3 is 2.73 bits per heavy atom. The second-order valence-corrected chi connectivity index (χ2v) is 10.3. The zero-order valence-electron chi connectivity index (χ0n) is 17.0. The Kier molecular flexibility index (Phi) is 5.39. The lowest BCUT2D eigenvalue weighted by Gasteiger charge is -2.48. The standard InChI is InChI=1S/C21H27F3N4OS/c22-21(23,24)10-16-9-17-18(25-14-26-19(17)30-16)28-6-4-20(13-28)11-27(12-20)5-1-15-2-7-29-8-3-15/h9,14-15H,1-8,10-13H2. The third-order valence-corrected chi connectivity index (χ3v) is 7.83. The zero-order valence-corrected chi connectivity index (χ0v) is 17.8. The van der Waals surface area contributed by atoms with Crippen molar-refractivity contribution in [3.05, 3.63) is 17.3 Å². The van der Waals surface area contributed by atoms with Crippen LogP contribution in [0.15, 0.2) is 12.4 Å². The maximum absolute atomic E-state index is 12.8. The molecule has 0 aromatic carbocycles. The van der Waals surface area contributed by atoms with Gasteiger partial charge in [-0.2, -0.15) is 13.2 Å². The molecule has 30 heavy (non-hydrogen) atoms. The molecule has 0 bridgehead atoms. The summed E-state index contributed by atoms with van der Waals surface area (Å²) in [7, 11) is 0. The highest BCUT2D eigenvalue weighted by Gasteiger charge is 2.47. The third kappa shape index (κ3) is 4.29. The minimum Gasteiger partial charge on any atom is -0.381 e. The highest BCUT2D eigenvalue weighted by Crippen LogP contribution is 2.43. The number of hydrogen-bond donors (Lipinski definition) is 0. The molecule has 1 spiro atoms. The third-order valence-electron chi connectivity index (χ3n) is 6.78. The van der Waals surface area contributed by atoms with E-state index in [1.807, 2.05) is 0 Å². The fraction of sp³-hybridized carbons (Fsp3) is 0.714. The van der Waals surface area contributed by atoms with Crippen LogP contribution in [0, 0.1) is 11.3 Å². The van der Waals surface area contributed by atoms with E-state index >= 15 is 0 Å². The molecule has 0 unspecified atom stereocenters. The van der Waals surface area contributed by atoms with Crippen LogP contribution in [0.4, 0.5) is 19.0 Å². The van der Waals surface area contributed by atoms with E-state index in [9.17, 15) is 13.2 Å². The van der Waals surface area contributed by atoms with Crippen molar-refractivity contribution in [2.24, 2.45) is 11.3 Å². The lowest BCUT2D eigenvalue weighted by atomic mass is 9.78. The van der Waals surface area contributed by atoms with Crippen LogP contribution in [0.2, 0.25) is 0 Å². The molecule has 5 nitrogen and oxygen atoms in total. The maximum atomic E-state index is 12.8. The van der Waals surface area contributed by atoms with Gasteiger partial charge in [0, 0.05) is 49.7 Å². The van der Waals surface area contributed by atoms with Crippen LogP contribution in [0.3, 0.4) is 0 Å². The van der Waals surface area contributed by atoms with Crippen molar-refractivity contribution in [2.45, 2.75) is 38.3 Å². The molecule has 0 amide bonds. The van der Waals surface area contributed by atoms with Crippen LogP contribution >= 0.6 is 11.3 Å². The van der Waals surface area contributed by atoms with Crippen LogP contribution in [0.25, 0.3) is 10.2 Å². The average Bonchev–Trinajstić information content (AvgIpc) is 3.28. The van der Waals surface area contributed by atoms with Gasteiger partial charge in [0.15, 0.2) is 0 Å². The highest BCUT2D eigenvalue weighted by molar-refractivity contribution is 7.18. The van der Waals surface area contributed by atoms with E-state index in [2.05, 4.69) is 19.8 Å². The number of likely N-dealkylation sites (tertiary alicyclic amines) is 1. The Morgan fingerprint density at radius 2 is 1.97 bits per heavy atom. The van der Waals surface area contributed by atoms with E-state index in [0.717, 1.165) is 80.8 Å². The second kappa shape index (κ2) is 7.91. The molecule has 0 saturated carbocycles. The van der Waals surface area contributed by atoms with E-state index in [0.29, 0.717) is 15.1 Å². The van der Waals surface area contributed by atoms with Crippen molar-refractivity contribution in [1.82, 2.24) is 14.9 Å². The predicted molar refractivity (Wildman–Crippen MR) is 111 cm³/mol. The number of rotatable bonds is 5. The molecular weight excluding hydrogens is 413 g/mol. The van der Waals surface area contributed by atoms with E-state index in [4.69, 9.17) is 4.74 Å². The first-order valence-electron chi connectivity index (χ1n) is 10.7. The molecule has 5 rings (SSSR count). The topological polar surface area (TPSA) is 41.5 Å². The molecule has 5 heterocycles. The average molecular weight is 441 g/mol. The van der Waals surface area contributed by atoms with E-state index in [1.165, 1.54) is 25.6 Å². The molecule has 3 fully saturated rings. The first-order valence-corrected chi connectivity index (χ1v) is 11.6. The number of alkyl halides is 3. The monoisotopic (exact) mass is 440 g/mol. The minimum absolute atomic E-state index is 0.302. The number of hydrogen-bond acceptors (Lipinski definition) is 6. The largest absolute Gasteiger partial charge is 0.393 e. The molecule has 2 aromatic heterocycles. The molecule has 3 aliphatic rings. The summed E-state index contributed by atoms with van der Waals surface area (Å²) in [6.45, 7) is 7.04. The van der Waals surface area contributed by atoms with Gasteiger partial charge < -0.3 is 14.5 Å². The van der Waals surface area contributed by atoms with Crippen LogP contribution in [-0.2, 0) is 11.2 Å². The van der Waals surface area contributed by atoms with Crippen molar-refractivity contribution >= 4 is 27.4 Å². The summed E-state index contributed by atoms with van der Waals surface area (Å²) in [5.41, 5.74) is 0.303. The molecule has 9 heteroatoms. The fourth-order valence-corrected chi connectivity index (χ4v) is 6.29. The second-order valence-electron chi connectivity index (χ2n) is 9.15. The van der Waals surface area contributed by atoms with E-state index in [-0.39, 0.29) is 0 Å². The summed E-state index contributed by atoms with van der Waals surface area (Å²) in [5.74, 6) is 1.59. The van der Waals surface area contributed by atoms with Gasteiger partial charge in [0.05, 0.1) is 11.8 Å². The molecule has 0 aliphatic carbocycles. The molecule has 2 aromatic rings. The molecule has 0 atom stereocenters. The van der Waals surface area contributed by atoms with Crippen molar-refractivity contribution in [1.29, 1.82) is 0 Å². The molecule has 0 N–H and O–H groups in total. The number of fused-ring (bicyclic) bond motifs is 1. The van der Waals surface area contributed by atoms with Crippen molar-refractivity contribution in [3.8, 4) is 0 Å². The lowest BCUT2D eigenvalue weighted by Crippen LogP contribution is -2.57. The predicted octanol–water partition coefficient (Wildman–Crippen LogP) is 4.12. The zero-order chi connectivity index (χ0) is 20.8. The van der Waals surface area contributed by atoms with Crippen LogP contribution in [-0.4, -0.2) is 67.0 Å². The van der Waals surface area contributed by atoms with Gasteiger partial charge in [-0.1, -0.05) is 0 Å². The van der Waals surface area contributed by atoms with Gasteiger partial charge in [0.25, 0.3) is 0 Å². The normalized spacial score (nSPS) is 22.8. The van der Waals surface area contributed by atoms with Gasteiger partial charge in [0.2, 0.25) is 0 Å². The van der Waals surface area contributed by atoms with Gasteiger partial charge in [0.1, 0.15) is 17.0 Å². The Hall–Kier alpha value is -1.45. The van der Waals surface area contributed by atoms with Crippen LogP contribution in [0.1, 0.15) is 30.6 Å². The molecule has 164 valence electrons. The van der Waals surface area contributed by atoms with Gasteiger partial charge in [-0.25, -0.2) is 9.97 Å². The van der Waals surface area contributed by atoms with Gasteiger partial charge in [-0.05, 0) is 44.2 Å². The maximum Gasteiger partial charge on any atom is 0.393 e. The van der Waals surface area contributed by atoms with Gasteiger partial charge >= 0.3 is 6.18 Å². The summed E-state index contributed by atoms with van der Waals surface area (Å²) in [6.07, 6.45) is 1.13. The molecule has 3 aliphatic heterocycles. The number of nitrogens with zero attached hydrogens (tertiary/aromatic N) is 4. The van der Waals surface area contributed by atoms with E-state index in [1.54, 1.807) is 6.07 Å². The Balaban J connectivity index is 1.20. The molecular formula is C21H27F3N4OS. The van der Waals surface area contributed by atoms with E-state index < -0.39 is 12.6 Å². The number of halogens is 3. The summed E-state index contributed by atoms with van der Waals surface area (Å²) < 4.78 is 43.8. The van der Waals surface area contributed by atoms with Crippen molar-refractivity contribution < 1.29 is 17.9 Å². The van der Waals surface area contributed by atoms with Crippen molar-refractivity contribution in [2.75, 3.05) is 50.8 Å². The number of thiophene rings is 1. The number of anilines is 1. The minimum atomic E-state index is -4.20.